The lowest BCUT2D eigenvalue weighted by molar-refractivity contribution is 0.352. The van der Waals surface area contributed by atoms with Gasteiger partial charge >= 0.3 is 0 Å². The molecule has 0 aliphatic heterocycles. The zero-order valence-corrected chi connectivity index (χ0v) is 10.4. The average Bonchev–Trinajstić information content (AvgIpc) is 2.45. The Balaban J connectivity index is 2.39. The van der Waals surface area contributed by atoms with Gasteiger partial charge in [-0.05, 0) is 30.7 Å². The van der Waals surface area contributed by atoms with E-state index in [0.29, 0.717) is 17.3 Å². The fourth-order valence-corrected chi connectivity index (χ4v) is 1.56. The summed E-state index contributed by atoms with van der Waals surface area (Å²) in [7, 11) is 0. The second kappa shape index (κ2) is 5.91. The molecule has 0 unspecified atom stereocenters. The molecule has 0 aliphatic carbocycles. The Morgan fingerprint density at radius 1 is 1.26 bits per heavy atom. The SMILES string of the molecule is CCc1cc(OCC#N)nc(-c2ccc(F)cc2)n1. The molecule has 0 N–H and O–H groups in total. The van der Waals surface area contributed by atoms with Gasteiger partial charge in [-0.1, -0.05) is 6.92 Å². The summed E-state index contributed by atoms with van der Waals surface area (Å²) in [6.07, 6.45) is 0.722. The minimum atomic E-state index is -0.309. The lowest BCUT2D eigenvalue weighted by atomic mass is 10.2. The molecule has 19 heavy (non-hydrogen) atoms. The molecule has 1 aromatic carbocycles. The summed E-state index contributed by atoms with van der Waals surface area (Å²) in [6.45, 7) is 1.90. The maximum Gasteiger partial charge on any atom is 0.218 e. The summed E-state index contributed by atoms with van der Waals surface area (Å²) in [5.74, 6) is 0.511. The van der Waals surface area contributed by atoms with Crippen LogP contribution in [-0.4, -0.2) is 16.6 Å². The van der Waals surface area contributed by atoms with E-state index in [1.807, 2.05) is 13.0 Å². The average molecular weight is 257 g/mol. The van der Waals surface area contributed by atoms with Crippen molar-refractivity contribution in [2.75, 3.05) is 6.61 Å². The third kappa shape index (κ3) is 3.26. The van der Waals surface area contributed by atoms with Gasteiger partial charge in [-0.3, -0.25) is 0 Å². The predicted molar refractivity (Wildman–Crippen MR) is 67.9 cm³/mol. The number of halogens is 1. The van der Waals surface area contributed by atoms with Gasteiger partial charge in [-0.25, -0.2) is 9.37 Å². The maximum absolute atomic E-state index is 12.9. The Bertz CT molecular complexity index is 605. The highest BCUT2D eigenvalue weighted by Gasteiger charge is 2.07. The minimum absolute atomic E-state index is 0.0664. The molecule has 0 saturated carbocycles. The highest BCUT2D eigenvalue weighted by atomic mass is 19.1. The van der Waals surface area contributed by atoms with Gasteiger partial charge in [0.15, 0.2) is 12.4 Å². The van der Waals surface area contributed by atoms with Crippen LogP contribution in [0.2, 0.25) is 0 Å². The lowest BCUT2D eigenvalue weighted by Crippen LogP contribution is -2.01. The first-order valence-electron chi connectivity index (χ1n) is 5.86. The number of benzene rings is 1. The van der Waals surface area contributed by atoms with Gasteiger partial charge in [0.25, 0.3) is 0 Å². The van der Waals surface area contributed by atoms with Crippen molar-refractivity contribution in [1.29, 1.82) is 5.26 Å². The zero-order chi connectivity index (χ0) is 13.7. The molecule has 96 valence electrons. The number of nitriles is 1. The van der Waals surface area contributed by atoms with Crippen molar-refractivity contribution in [3.63, 3.8) is 0 Å². The molecule has 0 spiro atoms. The summed E-state index contributed by atoms with van der Waals surface area (Å²) in [5, 5.41) is 8.51. The number of hydrogen-bond donors (Lipinski definition) is 0. The molecule has 0 saturated heterocycles. The van der Waals surface area contributed by atoms with Crippen molar-refractivity contribution in [1.82, 2.24) is 9.97 Å². The fraction of sp³-hybridized carbons (Fsp3) is 0.214. The summed E-state index contributed by atoms with van der Waals surface area (Å²) in [5.41, 5.74) is 1.51. The first-order valence-corrected chi connectivity index (χ1v) is 5.86. The van der Waals surface area contributed by atoms with Gasteiger partial charge in [0, 0.05) is 17.3 Å². The van der Waals surface area contributed by atoms with E-state index in [2.05, 4.69) is 9.97 Å². The van der Waals surface area contributed by atoms with Crippen LogP contribution in [0.1, 0.15) is 12.6 Å². The molecule has 0 bridgehead atoms. The van der Waals surface area contributed by atoms with Gasteiger partial charge in [-0.2, -0.15) is 10.2 Å². The normalized spacial score (nSPS) is 9.95. The Labute approximate surface area is 110 Å². The number of aryl methyl sites for hydroxylation is 1. The van der Waals surface area contributed by atoms with E-state index in [4.69, 9.17) is 10.00 Å². The van der Waals surface area contributed by atoms with Crippen LogP contribution in [0.15, 0.2) is 30.3 Å². The van der Waals surface area contributed by atoms with Crippen molar-refractivity contribution in [3.05, 3.63) is 41.8 Å². The predicted octanol–water partition coefficient (Wildman–Crippen LogP) is 2.75. The van der Waals surface area contributed by atoms with Crippen LogP contribution in [0.5, 0.6) is 5.88 Å². The van der Waals surface area contributed by atoms with Gasteiger partial charge in [0.05, 0.1) is 0 Å². The van der Waals surface area contributed by atoms with Crippen LogP contribution in [0, 0.1) is 17.1 Å². The summed E-state index contributed by atoms with van der Waals surface area (Å²) >= 11 is 0. The van der Waals surface area contributed by atoms with E-state index < -0.39 is 0 Å². The number of hydrogen-bond acceptors (Lipinski definition) is 4. The highest BCUT2D eigenvalue weighted by molar-refractivity contribution is 5.55. The van der Waals surface area contributed by atoms with E-state index in [0.717, 1.165) is 12.1 Å². The first kappa shape index (κ1) is 13.0. The Morgan fingerprint density at radius 2 is 2.00 bits per heavy atom. The standard InChI is InChI=1S/C14H12FN3O/c1-2-12-9-13(19-8-7-16)18-14(17-12)10-3-5-11(15)6-4-10/h3-6,9H,2,8H2,1H3. The van der Waals surface area contributed by atoms with Crippen LogP contribution >= 0.6 is 0 Å². The molecule has 5 heteroatoms. The molecular formula is C14H12FN3O. The monoisotopic (exact) mass is 257 g/mol. The summed E-state index contributed by atoms with van der Waals surface area (Å²) < 4.78 is 18.1. The zero-order valence-electron chi connectivity index (χ0n) is 10.4. The molecule has 0 amide bonds. The van der Waals surface area contributed by atoms with Gasteiger partial charge in [-0.15, -0.1) is 0 Å². The van der Waals surface area contributed by atoms with Crippen molar-refractivity contribution >= 4 is 0 Å². The number of nitrogens with zero attached hydrogens (tertiary/aromatic N) is 3. The highest BCUT2D eigenvalue weighted by Crippen LogP contribution is 2.19. The van der Waals surface area contributed by atoms with Crippen LogP contribution < -0.4 is 4.74 Å². The van der Waals surface area contributed by atoms with Crippen molar-refractivity contribution in [2.24, 2.45) is 0 Å². The number of ether oxygens (including phenoxy) is 1. The van der Waals surface area contributed by atoms with Crippen LogP contribution in [0.4, 0.5) is 4.39 Å². The molecule has 1 aromatic heterocycles. The Hall–Kier alpha value is -2.48. The molecular weight excluding hydrogens is 245 g/mol. The van der Waals surface area contributed by atoms with E-state index in [9.17, 15) is 4.39 Å². The molecule has 2 rings (SSSR count). The number of aromatic nitrogens is 2. The second-order valence-corrected chi connectivity index (χ2v) is 3.83. The van der Waals surface area contributed by atoms with Gasteiger partial charge < -0.3 is 4.74 Å². The van der Waals surface area contributed by atoms with Crippen molar-refractivity contribution < 1.29 is 9.13 Å². The largest absolute Gasteiger partial charge is 0.462 e. The fourth-order valence-electron chi connectivity index (χ4n) is 1.56. The summed E-state index contributed by atoms with van der Waals surface area (Å²) in [4.78, 5) is 8.58. The van der Waals surface area contributed by atoms with E-state index >= 15 is 0 Å². The third-order valence-corrected chi connectivity index (χ3v) is 2.50. The van der Waals surface area contributed by atoms with Crippen LogP contribution in [-0.2, 0) is 6.42 Å². The summed E-state index contributed by atoms with van der Waals surface area (Å²) in [6, 6.07) is 9.51. The van der Waals surface area contributed by atoms with Gasteiger partial charge in [0.2, 0.25) is 5.88 Å². The van der Waals surface area contributed by atoms with Crippen molar-refractivity contribution in [2.45, 2.75) is 13.3 Å². The molecule has 0 radical (unpaired) electrons. The number of rotatable bonds is 4. The molecule has 0 atom stereocenters. The molecule has 2 aromatic rings. The molecule has 0 aliphatic rings. The quantitative estimate of drug-likeness (QED) is 0.845. The van der Waals surface area contributed by atoms with E-state index in [1.54, 1.807) is 18.2 Å². The van der Waals surface area contributed by atoms with Gasteiger partial charge in [0.1, 0.15) is 11.9 Å². The lowest BCUT2D eigenvalue weighted by Gasteiger charge is -2.07. The Morgan fingerprint density at radius 3 is 2.63 bits per heavy atom. The molecule has 1 heterocycles. The van der Waals surface area contributed by atoms with Crippen LogP contribution in [0.3, 0.4) is 0 Å². The molecule has 0 fully saturated rings. The first-order chi connectivity index (χ1) is 9.22. The topological polar surface area (TPSA) is 58.8 Å². The van der Waals surface area contributed by atoms with E-state index in [-0.39, 0.29) is 12.4 Å². The third-order valence-electron chi connectivity index (χ3n) is 2.50. The van der Waals surface area contributed by atoms with Crippen molar-refractivity contribution in [3.8, 4) is 23.3 Å². The maximum atomic E-state index is 12.9. The smallest absolute Gasteiger partial charge is 0.218 e. The van der Waals surface area contributed by atoms with Crippen LogP contribution in [0.25, 0.3) is 11.4 Å². The second-order valence-electron chi connectivity index (χ2n) is 3.83. The van der Waals surface area contributed by atoms with E-state index in [1.165, 1.54) is 12.1 Å². The molecule has 4 nitrogen and oxygen atoms in total. The Kier molecular flexibility index (Phi) is 4.04. The minimum Gasteiger partial charge on any atom is -0.462 e.